The van der Waals surface area contributed by atoms with Crippen molar-refractivity contribution in [3.05, 3.63) is 74.7 Å². The molecule has 0 unspecified atom stereocenters. The van der Waals surface area contributed by atoms with E-state index in [0.29, 0.717) is 17.0 Å². The Morgan fingerprint density at radius 1 is 0.875 bits per heavy atom. The molecule has 1 aromatic carbocycles. The summed E-state index contributed by atoms with van der Waals surface area (Å²) in [6.07, 6.45) is 7.56. The van der Waals surface area contributed by atoms with E-state index in [9.17, 15) is 9.59 Å². The van der Waals surface area contributed by atoms with Crippen molar-refractivity contribution in [3.8, 4) is 0 Å². The van der Waals surface area contributed by atoms with E-state index in [0.717, 1.165) is 10.1 Å². The zero-order valence-electron chi connectivity index (χ0n) is 13.8. The number of nitrogens with zero attached hydrogens (tertiary/aromatic N) is 4. The van der Waals surface area contributed by atoms with Crippen LogP contribution < -0.4 is 11.2 Å². The van der Waals surface area contributed by atoms with Crippen molar-refractivity contribution in [2.24, 2.45) is 21.1 Å². The SMILES string of the molecule is Cn1c(=O)c2c(nc(/C=C/C=C/c3ccccc3)n2C)n(C)c1=O. The third-order valence-electron chi connectivity index (χ3n) is 3.95. The number of fused-ring (bicyclic) bond motifs is 1. The van der Waals surface area contributed by atoms with Crippen molar-refractivity contribution in [1.82, 2.24) is 18.7 Å². The maximum atomic E-state index is 12.3. The molecule has 24 heavy (non-hydrogen) atoms. The van der Waals surface area contributed by atoms with Crippen LogP contribution in [-0.2, 0) is 21.1 Å². The van der Waals surface area contributed by atoms with E-state index in [1.54, 1.807) is 18.7 Å². The number of aromatic nitrogens is 4. The van der Waals surface area contributed by atoms with Crippen molar-refractivity contribution in [3.63, 3.8) is 0 Å². The molecule has 3 aromatic rings. The first-order valence-electron chi connectivity index (χ1n) is 7.53. The molecule has 3 rings (SSSR count). The first-order valence-corrected chi connectivity index (χ1v) is 7.53. The Balaban J connectivity index is 2.01. The van der Waals surface area contributed by atoms with Gasteiger partial charge in [0, 0.05) is 21.1 Å². The van der Waals surface area contributed by atoms with Crippen LogP contribution in [0, 0.1) is 0 Å². The van der Waals surface area contributed by atoms with Crippen molar-refractivity contribution < 1.29 is 0 Å². The topological polar surface area (TPSA) is 61.8 Å². The lowest BCUT2D eigenvalue weighted by molar-refractivity contribution is 0.705. The van der Waals surface area contributed by atoms with Crippen LogP contribution in [-0.4, -0.2) is 18.7 Å². The van der Waals surface area contributed by atoms with Crippen LogP contribution in [0.5, 0.6) is 0 Å². The molecular weight excluding hydrogens is 304 g/mol. The quantitative estimate of drug-likeness (QED) is 0.690. The van der Waals surface area contributed by atoms with Gasteiger partial charge in [0.2, 0.25) is 0 Å². The predicted molar refractivity (Wildman–Crippen MR) is 95.7 cm³/mol. The summed E-state index contributed by atoms with van der Waals surface area (Å²) in [5.74, 6) is 0.612. The summed E-state index contributed by atoms with van der Waals surface area (Å²) in [6.45, 7) is 0. The normalized spacial score (nSPS) is 12.0. The fourth-order valence-corrected chi connectivity index (χ4v) is 2.56. The van der Waals surface area contributed by atoms with Gasteiger partial charge in [-0.3, -0.25) is 13.9 Å². The van der Waals surface area contributed by atoms with Crippen LogP contribution in [0.3, 0.4) is 0 Å². The molecular formula is C18H18N4O2. The molecule has 0 bridgehead atoms. The molecule has 122 valence electrons. The molecule has 2 aromatic heterocycles. The molecule has 0 saturated heterocycles. The van der Waals surface area contributed by atoms with Gasteiger partial charge in [-0.25, -0.2) is 9.78 Å². The van der Waals surface area contributed by atoms with Gasteiger partial charge in [0.25, 0.3) is 5.56 Å². The van der Waals surface area contributed by atoms with Gasteiger partial charge >= 0.3 is 5.69 Å². The Morgan fingerprint density at radius 3 is 2.25 bits per heavy atom. The number of allylic oxidation sites excluding steroid dienone is 2. The zero-order chi connectivity index (χ0) is 17.3. The van der Waals surface area contributed by atoms with Crippen LogP contribution in [0.2, 0.25) is 0 Å². The summed E-state index contributed by atoms with van der Waals surface area (Å²) < 4.78 is 4.17. The van der Waals surface area contributed by atoms with Gasteiger partial charge in [-0.15, -0.1) is 0 Å². The monoisotopic (exact) mass is 322 g/mol. The van der Waals surface area contributed by atoms with Crippen LogP contribution in [0.15, 0.2) is 52.1 Å². The van der Waals surface area contributed by atoms with E-state index < -0.39 is 0 Å². The third kappa shape index (κ3) is 2.62. The maximum Gasteiger partial charge on any atom is 0.332 e. The molecule has 0 N–H and O–H groups in total. The van der Waals surface area contributed by atoms with Crippen LogP contribution in [0.25, 0.3) is 23.3 Å². The lowest BCUT2D eigenvalue weighted by Crippen LogP contribution is -2.37. The van der Waals surface area contributed by atoms with Gasteiger partial charge < -0.3 is 4.57 Å². The van der Waals surface area contributed by atoms with Gasteiger partial charge in [0.1, 0.15) is 5.82 Å². The van der Waals surface area contributed by atoms with E-state index in [1.807, 2.05) is 54.6 Å². The Bertz CT molecular complexity index is 1070. The van der Waals surface area contributed by atoms with E-state index in [-0.39, 0.29) is 11.2 Å². The molecule has 0 aliphatic rings. The van der Waals surface area contributed by atoms with E-state index >= 15 is 0 Å². The van der Waals surface area contributed by atoms with Crippen molar-refractivity contribution in [1.29, 1.82) is 0 Å². The number of aryl methyl sites for hydroxylation is 2. The number of rotatable bonds is 3. The van der Waals surface area contributed by atoms with Crippen LogP contribution in [0.1, 0.15) is 11.4 Å². The Hall–Kier alpha value is -3.15. The van der Waals surface area contributed by atoms with Gasteiger partial charge in [-0.2, -0.15) is 0 Å². The first kappa shape index (κ1) is 15.7. The molecule has 2 heterocycles. The molecule has 0 aliphatic heterocycles. The minimum absolute atomic E-state index is 0.345. The fourth-order valence-electron chi connectivity index (χ4n) is 2.56. The molecule has 0 radical (unpaired) electrons. The van der Waals surface area contributed by atoms with Crippen molar-refractivity contribution in [2.45, 2.75) is 0 Å². The highest BCUT2D eigenvalue weighted by Crippen LogP contribution is 2.10. The number of imidazole rings is 1. The van der Waals surface area contributed by atoms with E-state index in [1.165, 1.54) is 11.6 Å². The van der Waals surface area contributed by atoms with Gasteiger partial charge in [0.15, 0.2) is 11.2 Å². The molecule has 0 saturated carbocycles. The van der Waals surface area contributed by atoms with Crippen molar-refractivity contribution >= 4 is 23.3 Å². The second-order valence-corrected chi connectivity index (χ2v) is 5.54. The van der Waals surface area contributed by atoms with Gasteiger partial charge in [0.05, 0.1) is 0 Å². The largest absolute Gasteiger partial charge is 0.332 e. The van der Waals surface area contributed by atoms with Crippen LogP contribution in [0.4, 0.5) is 0 Å². The van der Waals surface area contributed by atoms with E-state index in [4.69, 9.17) is 0 Å². The minimum Gasteiger partial charge on any atom is -0.322 e. The third-order valence-corrected chi connectivity index (χ3v) is 3.95. The summed E-state index contributed by atoms with van der Waals surface area (Å²) in [5, 5.41) is 0. The molecule has 0 spiro atoms. The summed E-state index contributed by atoms with van der Waals surface area (Å²) in [4.78, 5) is 28.7. The summed E-state index contributed by atoms with van der Waals surface area (Å²) in [5.41, 5.74) is 1.17. The predicted octanol–water partition coefficient (Wildman–Crippen LogP) is 1.70. The summed E-state index contributed by atoms with van der Waals surface area (Å²) >= 11 is 0. The maximum absolute atomic E-state index is 12.3. The molecule has 0 aliphatic carbocycles. The summed E-state index contributed by atoms with van der Waals surface area (Å²) in [7, 11) is 4.84. The Labute approximate surface area is 138 Å². The highest BCUT2D eigenvalue weighted by Gasteiger charge is 2.15. The smallest absolute Gasteiger partial charge is 0.322 e. The second-order valence-electron chi connectivity index (χ2n) is 5.54. The Morgan fingerprint density at radius 2 is 1.54 bits per heavy atom. The lowest BCUT2D eigenvalue weighted by atomic mass is 10.2. The minimum atomic E-state index is -0.384. The molecule has 6 heteroatoms. The average Bonchev–Trinajstić information content (AvgIpc) is 2.93. The fraction of sp³-hybridized carbons (Fsp3) is 0.167. The van der Waals surface area contributed by atoms with E-state index in [2.05, 4.69) is 4.98 Å². The molecule has 0 amide bonds. The molecule has 0 atom stereocenters. The number of hydrogen-bond donors (Lipinski definition) is 0. The molecule has 6 nitrogen and oxygen atoms in total. The first-order chi connectivity index (χ1) is 11.5. The lowest BCUT2D eigenvalue weighted by Gasteiger charge is -2.02. The van der Waals surface area contributed by atoms with Crippen molar-refractivity contribution in [2.75, 3.05) is 0 Å². The highest BCUT2D eigenvalue weighted by atomic mass is 16.2. The second kappa shape index (κ2) is 6.16. The number of hydrogen-bond acceptors (Lipinski definition) is 3. The number of benzene rings is 1. The average molecular weight is 322 g/mol. The standard InChI is InChI=1S/C18H18N4O2/c1-20-14(12-8-7-11-13-9-5-4-6-10-13)19-16-15(20)17(23)22(3)18(24)21(16)2/h4-12H,1-3H3/b11-7+,12-8+. The van der Waals surface area contributed by atoms with Gasteiger partial charge in [-0.1, -0.05) is 48.6 Å². The summed E-state index contributed by atoms with van der Waals surface area (Å²) in [6, 6.07) is 9.95. The highest BCUT2D eigenvalue weighted by molar-refractivity contribution is 5.73. The van der Waals surface area contributed by atoms with Crippen LogP contribution >= 0.6 is 0 Å². The molecule has 0 fully saturated rings. The van der Waals surface area contributed by atoms with Gasteiger partial charge in [-0.05, 0) is 11.6 Å². The Kier molecular flexibility index (Phi) is 4.04. The zero-order valence-corrected chi connectivity index (χ0v) is 13.8.